The second-order valence-corrected chi connectivity index (χ2v) is 6.50. The highest BCUT2D eigenvalue weighted by Crippen LogP contribution is 2.33. The molecule has 0 aromatic carbocycles. The number of rotatable bonds is 5. The number of carbonyl (C=O) groups excluding carboxylic acids is 1. The molecular weight excluding hydrogens is 268 g/mol. The van der Waals surface area contributed by atoms with Crippen molar-refractivity contribution in [1.29, 1.82) is 0 Å². The van der Waals surface area contributed by atoms with E-state index < -0.39 is 5.54 Å². The van der Waals surface area contributed by atoms with Crippen LogP contribution in [0.15, 0.2) is 0 Å². The molecule has 0 amide bonds. The van der Waals surface area contributed by atoms with Crippen molar-refractivity contribution >= 4 is 5.97 Å². The molecule has 21 heavy (non-hydrogen) atoms. The van der Waals surface area contributed by atoms with Gasteiger partial charge in [0, 0.05) is 25.2 Å². The van der Waals surface area contributed by atoms with Crippen molar-refractivity contribution in [3.8, 4) is 0 Å². The minimum atomic E-state index is -0.509. The first kappa shape index (κ1) is 16.7. The van der Waals surface area contributed by atoms with Crippen LogP contribution in [0.4, 0.5) is 0 Å². The summed E-state index contributed by atoms with van der Waals surface area (Å²) >= 11 is 0. The normalized spacial score (nSPS) is 31.3. The molecule has 0 spiro atoms. The van der Waals surface area contributed by atoms with Gasteiger partial charge in [-0.05, 0) is 46.5 Å². The first-order valence-electron chi connectivity index (χ1n) is 8.34. The predicted molar refractivity (Wildman–Crippen MR) is 82.3 cm³/mol. The zero-order chi connectivity index (χ0) is 15.3. The molecule has 1 aliphatic heterocycles. The SMILES string of the molecule is CCOC(=O)C1(NC(C)C)CCCC(N2CCOCC2)C1. The fourth-order valence-electron chi connectivity index (χ4n) is 3.70. The highest BCUT2D eigenvalue weighted by atomic mass is 16.5. The van der Waals surface area contributed by atoms with Gasteiger partial charge in [0.1, 0.15) is 5.54 Å². The number of hydrogen-bond acceptors (Lipinski definition) is 5. The van der Waals surface area contributed by atoms with Crippen LogP contribution >= 0.6 is 0 Å². The Morgan fingerprint density at radius 3 is 2.76 bits per heavy atom. The molecule has 2 fully saturated rings. The molecule has 0 radical (unpaired) electrons. The lowest BCUT2D eigenvalue weighted by atomic mass is 9.77. The summed E-state index contributed by atoms with van der Waals surface area (Å²) in [5.41, 5.74) is -0.509. The minimum absolute atomic E-state index is 0.0725. The molecule has 2 atom stereocenters. The Morgan fingerprint density at radius 1 is 1.43 bits per heavy atom. The number of esters is 1. The molecule has 5 heteroatoms. The maximum Gasteiger partial charge on any atom is 0.326 e. The van der Waals surface area contributed by atoms with E-state index >= 15 is 0 Å². The van der Waals surface area contributed by atoms with Crippen LogP contribution in [0, 0.1) is 0 Å². The number of carbonyl (C=O) groups is 1. The molecule has 1 heterocycles. The van der Waals surface area contributed by atoms with E-state index in [2.05, 4.69) is 24.1 Å². The Kier molecular flexibility index (Phi) is 6.02. The fourth-order valence-corrected chi connectivity index (χ4v) is 3.70. The quantitative estimate of drug-likeness (QED) is 0.781. The molecule has 1 saturated heterocycles. The van der Waals surface area contributed by atoms with E-state index in [1.165, 1.54) is 6.42 Å². The van der Waals surface area contributed by atoms with Gasteiger partial charge in [0.15, 0.2) is 0 Å². The second kappa shape index (κ2) is 7.56. The Labute approximate surface area is 128 Å². The molecule has 2 aliphatic rings. The van der Waals surface area contributed by atoms with Gasteiger partial charge in [-0.1, -0.05) is 0 Å². The van der Waals surface area contributed by atoms with E-state index in [0.717, 1.165) is 45.6 Å². The summed E-state index contributed by atoms with van der Waals surface area (Å²) in [5, 5.41) is 3.52. The Morgan fingerprint density at radius 2 is 2.14 bits per heavy atom. The zero-order valence-corrected chi connectivity index (χ0v) is 13.7. The first-order chi connectivity index (χ1) is 10.1. The van der Waals surface area contributed by atoms with Crippen molar-refractivity contribution in [3.63, 3.8) is 0 Å². The third-order valence-electron chi connectivity index (χ3n) is 4.52. The van der Waals surface area contributed by atoms with E-state index in [4.69, 9.17) is 9.47 Å². The number of nitrogens with one attached hydrogen (secondary N) is 1. The highest BCUT2D eigenvalue weighted by Gasteiger charge is 2.45. The van der Waals surface area contributed by atoms with Crippen LogP contribution < -0.4 is 5.32 Å². The summed E-state index contributed by atoms with van der Waals surface area (Å²) in [4.78, 5) is 15.0. The molecule has 0 aromatic rings. The highest BCUT2D eigenvalue weighted by molar-refractivity contribution is 5.81. The monoisotopic (exact) mass is 298 g/mol. The third kappa shape index (κ3) is 4.18. The summed E-state index contributed by atoms with van der Waals surface area (Å²) in [6.07, 6.45) is 3.97. The fraction of sp³-hybridized carbons (Fsp3) is 0.938. The van der Waals surface area contributed by atoms with Gasteiger partial charge in [-0.2, -0.15) is 0 Å². The number of ether oxygens (including phenoxy) is 2. The van der Waals surface area contributed by atoms with Crippen LogP contribution in [0.25, 0.3) is 0 Å². The van der Waals surface area contributed by atoms with Crippen molar-refractivity contribution in [1.82, 2.24) is 10.2 Å². The Bertz CT molecular complexity index is 342. The Hall–Kier alpha value is -0.650. The molecule has 1 aliphatic carbocycles. The molecule has 0 aromatic heterocycles. The average molecular weight is 298 g/mol. The lowest BCUT2D eigenvalue weighted by molar-refractivity contribution is -0.154. The molecule has 1 saturated carbocycles. The third-order valence-corrected chi connectivity index (χ3v) is 4.52. The number of nitrogens with zero attached hydrogens (tertiary/aromatic N) is 1. The van der Waals surface area contributed by atoms with Crippen LogP contribution in [0.5, 0.6) is 0 Å². The number of hydrogen-bond donors (Lipinski definition) is 1. The van der Waals surface area contributed by atoms with Crippen LogP contribution in [-0.2, 0) is 14.3 Å². The lowest BCUT2D eigenvalue weighted by Crippen LogP contribution is -2.61. The van der Waals surface area contributed by atoms with Gasteiger partial charge in [0.25, 0.3) is 0 Å². The van der Waals surface area contributed by atoms with Gasteiger partial charge in [-0.15, -0.1) is 0 Å². The zero-order valence-electron chi connectivity index (χ0n) is 13.7. The molecule has 2 rings (SSSR count). The molecular formula is C16H30N2O3. The lowest BCUT2D eigenvalue weighted by Gasteiger charge is -2.45. The van der Waals surface area contributed by atoms with E-state index in [1.807, 2.05) is 6.92 Å². The molecule has 1 N–H and O–H groups in total. The van der Waals surface area contributed by atoms with Crippen LogP contribution in [0.1, 0.15) is 46.5 Å². The van der Waals surface area contributed by atoms with E-state index in [9.17, 15) is 4.79 Å². The van der Waals surface area contributed by atoms with Gasteiger partial charge in [0.05, 0.1) is 19.8 Å². The van der Waals surface area contributed by atoms with Gasteiger partial charge >= 0.3 is 5.97 Å². The van der Waals surface area contributed by atoms with Crippen LogP contribution in [0.3, 0.4) is 0 Å². The van der Waals surface area contributed by atoms with E-state index in [0.29, 0.717) is 12.6 Å². The minimum Gasteiger partial charge on any atom is -0.465 e. The van der Waals surface area contributed by atoms with E-state index in [1.54, 1.807) is 0 Å². The summed E-state index contributed by atoms with van der Waals surface area (Å²) in [7, 11) is 0. The van der Waals surface area contributed by atoms with Crippen molar-refractivity contribution in [2.75, 3.05) is 32.9 Å². The molecule has 0 bridgehead atoms. The molecule has 122 valence electrons. The van der Waals surface area contributed by atoms with Gasteiger partial charge < -0.3 is 9.47 Å². The average Bonchev–Trinajstić information content (AvgIpc) is 2.48. The van der Waals surface area contributed by atoms with Crippen molar-refractivity contribution in [3.05, 3.63) is 0 Å². The number of morpholine rings is 1. The van der Waals surface area contributed by atoms with Gasteiger partial charge in [-0.3, -0.25) is 15.0 Å². The van der Waals surface area contributed by atoms with Crippen molar-refractivity contribution < 1.29 is 14.3 Å². The summed E-state index contributed by atoms with van der Waals surface area (Å²) in [6, 6.07) is 0.733. The van der Waals surface area contributed by atoms with Crippen LogP contribution in [0.2, 0.25) is 0 Å². The maximum atomic E-state index is 12.6. The summed E-state index contributed by atoms with van der Waals surface area (Å²) in [5.74, 6) is -0.0725. The first-order valence-corrected chi connectivity index (χ1v) is 8.34. The van der Waals surface area contributed by atoms with E-state index in [-0.39, 0.29) is 12.0 Å². The Balaban J connectivity index is 2.09. The van der Waals surface area contributed by atoms with Crippen molar-refractivity contribution in [2.45, 2.75) is 64.1 Å². The van der Waals surface area contributed by atoms with Gasteiger partial charge in [0.2, 0.25) is 0 Å². The molecule has 2 unspecified atom stereocenters. The standard InChI is InChI=1S/C16H30N2O3/c1-4-21-15(19)16(17-13(2)3)7-5-6-14(12-16)18-8-10-20-11-9-18/h13-14,17H,4-12H2,1-3H3. The smallest absolute Gasteiger partial charge is 0.326 e. The van der Waals surface area contributed by atoms with Crippen molar-refractivity contribution in [2.24, 2.45) is 0 Å². The predicted octanol–water partition coefficient (Wildman–Crippen LogP) is 1.56. The second-order valence-electron chi connectivity index (χ2n) is 6.50. The van der Waals surface area contributed by atoms with Gasteiger partial charge in [-0.25, -0.2) is 0 Å². The topological polar surface area (TPSA) is 50.8 Å². The molecule has 5 nitrogen and oxygen atoms in total. The largest absolute Gasteiger partial charge is 0.465 e. The van der Waals surface area contributed by atoms with Crippen LogP contribution in [-0.4, -0.2) is 61.4 Å². The summed E-state index contributed by atoms with van der Waals surface area (Å²) in [6.45, 7) is 10.1. The summed E-state index contributed by atoms with van der Waals surface area (Å²) < 4.78 is 10.8. The maximum absolute atomic E-state index is 12.6.